The van der Waals surface area contributed by atoms with Gasteiger partial charge in [-0.3, -0.25) is 4.79 Å². The number of hydrogen-bond acceptors (Lipinski definition) is 3. The minimum atomic E-state index is 0.234. The Balaban J connectivity index is 1.59. The molecule has 0 atom stereocenters. The summed E-state index contributed by atoms with van der Waals surface area (Å²) in [6, 6.07) is 0. The van der Waals surface area contributed by atoms with E-state index in [2.05, 4.69) is 17.6 Å². The summed E-state index contributed by atoms with van der Waals surface area (Å²) in [5.41, 5.74) is 0.440. The van der Waals surface area contributed by atoms with Gasteiger partial charge in [-0.1, -0.05) is 13.3 Å². The smallest absolute Gasteiger partial charge is 0.230 e. The summed E-state index contributed by atoms with van der Waals surface area (Å²) in [4.78, 5) is 11.8. The predicted octanol–water partition coefficient (Wildman–Crippen LogP) is 2.17. The molecule has 18 heavy (non-hydrogen) atoms. The number of carbonyl (C=O) groups excluding carboxylic acids is 1. The van der Waals surface area contributed by atoms with Crippen LogP contribution in [0.1, 0.15) is 45.4 Å². The number of carbonyl (C=O) groups is 1. The molecule has 1 aliphatic carbocycles. The molecule has 1 aliphatic heterocycles. The zero-order chi connectivity index (χ0) is 12.8. The summed E-state index contributed by atoms with van der Waals surface area (Å²) in [6.45, 7) is 5.36. The summed E-state index contributed by atoms with van der Waals surface area (Å²) in [6.07, 6.45) is 7.55. The van der Waals surface area contributed by atoms with Gasteiger partial charge in [-0.25, -0.2) is 0 Å². The van der Waals surface area contributed by atoms with Gasteiger partial charge in [0.15, 0.2) is 0 Å². The van der Waals surface area contributed by atoms with Crippen molar-refractivity contribution in [2.24, 2.45) is 5.41 Å². The van der Waals surface area contributed by atoms with Crippen LogP contribution in [0.15, 0.2) is 0 Å². The second-order valence-electron chi connectivity index (χ2n) is 5.74. The number of piperidine rings is 1. The third-order valence-corrected chi connectivity index (χ3v) is 5.93. The minimum Gasteiger partial charge on any atom is -0.355 e. The van der Waals surface area contributed by atoms with Crippen LogP contribution in [0.4, 0.5) is 0 Å². The molecule has 4 heteroatoms. The first-order valence-corrected chi connectivity index (χ1v) is 8.38. The van der Waals surface area contributed by atoms with Crippen molar-refractivity contribution in [3.63, 3.8) is 0 Å². The SMILES string of the molecule is CCC1(CNC(=O)CSC2CCNCC2)CCC1. The van der Waals surface area contributed by atoms with Crippen LogP contribution in [0.3, 0.4) is 0 Å². The normalized spacial score (nSPS) is 23.4. The fraction of sp³-hybridized carbons (Fsp3) is 0.929. The van der Waals surface area contributed by atoms with Crippen molar-refractivity contribution in [1.29, 1.82) is 0 Å². The van der Waals surface area contributed by atoms with Crippen LogP contribution in [0.2, 0.25) is 0 Å². The van der Waals surface area contributed by atoms with Crippen LogP contribution in [-0.2, 0) is 4.79 Å². The van der Waals surface area contributed by atoms with Gasteiger partial charge in [0.25, 0.3) is 0 Å². The Morgan fingerprint density at radius 3 is 2.67 bits per heavy atom. The highest BCUT2D eigenvalue weighted by molar-refractivity contribution is 8.00. The van der Waals surface area contributed by atoms with Gasteiger partial charge in [0.2, 0.25) is 5.91 Å². The molecule has 2 rings (SSSR count). The highest BCUT2D eigenvalue weighted by Crippen LogP contribution is 2.43. The molecule has 3 nitrogen and oxygen atoms in total. The van der Waals surface area contributed by atoms with Crippen molar-refractivity contribution in [2.75, 3.05) is 25.4 Å². The summed E-state index contributed by atoms with van der Waals surface area (Å²) in [7, 11) is 0. The van der Waals surface area contributed by atoms with E-state index in [9.17, 15) is 4.79 Å². The van der Waals surface area contributed by atoms with E-state index in [1.807, 2.05) is 11.8 Å². The van der Waals surface area contributed by atoms with E-state index in [0.29, 0.717) is 16.4 Å². The first-order chi connectivity index (χ1) is 8.74. The van der Waals surface area contributed by atoms with Gasteiger partial charge in [-0.05, 0) is 50.6 Å². The largest absolute Gasteiger partial charge is 0.355 e. The molecule has 0 aromatic heterocycles. The maximum Gasteiger partial charge on any atom is 0.230 e. The molecule has 0 aromatic carbocycles. The Hall–Kier alpha value is -0.220. The van der Waals surface area contributed by atoms with Crippen molar-refractivity contribution in [3.8, 4) is 0 Å². The molecule has 2 N–H and O–H groups in total. The lowest BCUT2D eigenvalue weighted by Crippen LogP contribution is -2.42. The summed E-state index contributed by atoms with van der Waals surface area (Å²) < 4.78 is 0. The van der Waals surface area contributed by atoms with Gasteiger partial charge >= 0.3 is 0 Å². The minimum absolute atomic E-state index is 0.234. The average Bonchev–Trinajstić information content (AvgIpc) is 2.37. The molecule has 0 unspecified atom stereocenters. The number of amides is 1. The fourth-order valence-corrected chi connectivity index (χ4v) is 3.88. The lowest BCUT2D eigenvalue weighted by molar-refractivity contribution is -0.119. The third kappa shape index (κ3) is 3.89. The molecule has 0 spiro atoms. The first-order valence-electron chi connectivity index (χ1n) is 7.33. The van der Waals surface area contributed by atoms with Crippen molar-refractivity contribution in [2.45, 2.75) is 50.7 Å². The highest BCUT2D eigenvalue weighted by atomic mass is 32.2. The number of rotatable bonds is 6. The molecular weight excluding hydrogens is 244 g/mol. The van der Waals surface area contributed by atoms with E-state index in [1.54, 1.807) is 0 Å². The number of nitrogens with one attached hydrogen (secondary N) is 2. The molecule has 2 fully saturated rings. The van der Waals surface area contributed by atoms with E-state index < -0.39 is 0 Å². The van der Waals surface area contributed by atoms with Gasteiger partial charge in [0, 0.05) is 11.8 Å². The fourth-order valence-electron chi connectivity index (χ4n) is 2.82. The molecule has 2 aliphatic rings. The van der Waals surface area contributed by atoms with E-state index in [0.717, 1.165) is 19.6 Å². The van der Waals surface area contributed by atoms with E-state index in [1.165, 1.54) is 38.5 Å². The Bertz CT molecular complexity index is 267. The Kier molecular flexibility index (Phi) is 5.37. The van der Waals surface area contributed by atoms with E-state index >= 15 is 0 Å². The standard InChI is InChI=1S/C14H26N2OS/c1-2-14(6-3-7-14)11-16-13(17)10-18-12-4-8-15-9-5-12/h12,15H,2-11H2,1H3,(H,16,17). The van der Waals surface area contributed by atoms with Crippen LogP contribution in [0, 0.1) is 5.41 Å². The predicted molar refractivity (Wildman–Crippen MR) is 77.9 cm³/mol. The van der Waals surface area contributed by atoms with Crippen LogP contribution >= 0.6 is 11.8 Å². The summed E-state index contributed by atoms with van der Waals surface area (Å²) >= 11 is 1.84. The summed E-state index contributed by atoms with van der Waals surface area (Å²) in [5.74, 6) is 0.878. The van der Waals surface area contributed by atoms with Gasteiger partial charge in [-0.2, -0.15) is 0 Å². The first kappa shape index (κ1) is 14.2. The lowest BCUT2D eigenvalue weighted by Gasteiger charge is -2.41. The monoisotopic (exact) mass is 270 g/mol. The molecule has 1 saturated heterocycles. The maximum absolute atomic E-state index is 11.8. The van der Waals surface area contributed by atoms with Gasteiger partial charge in [0.1, 0.15) is 0 Å². The lowest BCUT2D eigenvalue weighted by atomic mass is 9.67. The van der Waals surface area contributed by atoms with Gasteiger partial charge in [0.05, 0.1) is 5.75 Å². The topological polar surface area (TPSA) is 41.1 Å². The Morgan fingerprint density at radius 2 is 2.11 bits per heavy atom. The van der Waals surface area contributed by atoms with Crippen molar-refractivity contribution < 1.29 is 4.79 Å². The highest BCUT2D eigenvalue weighted by Gasteiger charge is 2.35. The second kappa shape index (κ2) is 6.80. The zero-order valence-electron chi connectivity index (χ0n) is 11.5. The maximum atomic E-state index is 11.8. The number of thioether (sulfide) groups is 1. The van der Waals surface area contributed by atoms with Crippen molar-refractivity contribution in [3.05, 3.63) is 0 Å². The molecule has 104 valence electrons. The van der Waals surface area contributed by atoms with Crippen LogP contribution in [0.5, 0.6) is 0 Å². The molecule has 1 amide bonds. The summed E-state index contributed by atoms with van der Waals surface area (Å²) in [5, 5.41) is 7.18. The Labute approximate surface area is 115 Å². The van der Waals surface area contributed by atoms with Crippen LogP contribution in [-0.4, -0.2) is 36.5 Å². The quantitative estimate of drug-likeness (QED) is 0.777. The van der Waals surface area contributed by atoms with Crippen molar-refractivity contribution >= 4 is 17.7 Å². The van der Waals surface area contributed by atoms with Crippen LogP contribution < -0.4 is 10.6 Å². The van der Waals surface area contributed by atoms with Gasteiger partial charge < -0.3 is 10.6 Å². The third-order valence-electron chi connectivity index (χ3n) is 4.56. The molecule has 0 bridgehead atoms. The van der Waals surface area contributed by atoms with Crippen LogP contribution in [0.25, 0.3) is 0 Å². The second-order valence-corrected chi connectivity index (χ2v) is 7.03. The van der Waals surface area contributed by atoms with E-state index in [4.69, 9.17) is 0 Å². The zero-order valence-corrected chi connectivity index (χ0v) is 12.3. The van der Waals surface area contributed by atoms with E-state index in [-0.39, 0.29) is 5.91 Å². The molecule has 0 aromatic rings. The Morgan fingerprint density at radius 1 is 1.39 bits per heavy atom. The molecule has 1 saturated carbocycles. The van der Waals surface area contributed by atoms with Crippen molar-refractivity contribution in [1.82, 2.24) is 10.6 Å². The molecular formula is C14H26N2OS. The average molecular weight is 270 g/mol. The molecule has 0 radical (unpaired) electrons. The van der Waals surface area contributed by atoms with Gasteiger partial charge in [-0.15, -0.1) is 11.8 Å². The number of hydrogen-bond donors (Lipinski definition) is 2. The molecule has 1 heterocycles.